The van der Waals surface area contributed by atoms with Gasteiger partial charge < -0.3 is 15.3 Å². The number of carboxylic acid groups (broad SMARTS) is 1. The molecule has 0 amide bonds. The molecule has 3 aromatic rings. The second-order valence-corrected chi connectivity index (χ2v) is 7.80. The van der Waals surface area contributed by atoms with E-state index in [4.69, 9.17) is 11.6 Å². The summed E-state index contributed by atoms with van der Waals surface area (Å²) in [4.78, 5) is 21.5. The minimum atomic E-state index is -1.11. The molecule has 10 heteroatoms. The van der Waals surface area contributed by atoms with Crippen LogP contribution in [0.15, 0.2) is 65.0 Å². The van der Waals surface area contributed by atoms with E-state index in [0.717, 1.165) is 26.6 Å². The fraction of sp³-hybridized carbons (Fsp3) is 0.0526. The van der Waals surface area contributed by atoms with Crippen molar-refractivity contribution < 1.29 is 9.90 Å². The highest BCUT2D eigenvalue weighted by molar-refractivity contribution is 7.22. The lowest BCUT2D eigenvalue weighted by Crippen LogP contribution is -2.38. The van der Waals surface area contributed by atoms with Crippen molar-refractivity contribution in [2.24, 2.45) is 10.1 Å². The number of rotatable bonds is 4. The Labute approximate surface area is 173 Å². The van der Waals surface area contributed by atoms with E-state index < -0.39 is 5.97 Å². The molecule has 2 aliphatic rings. The summed E-state index contributed by atoms with van der Waals surface area (Å²) in [6.45, 7) is 0. The molecule has 1 unspecified atom stereocenters. The summed E-state index contributed by atoms with van der Waals surface area (Å²) < 4.78 is 1.02. The van der Waals surface area contributed by atoms with E-state index >= 15 is 0 Å². The molecule has 1 atom stereocenters. The Morgan fingerprint density at radius 1 is 1.24 bits per heavy atom. The largest absolute Gasteiger partial charge is 0.476 e. The third-order valence-corrected chi connectivity index (χ3v) is 5.66. The SMILES string of the molecule is O=C(O)C1=NC=CN2C1=NNC2c1ccc(Nc2nc3ccc(Cl)cc3s2)cc1. The van der Waals surface area contributed by atoms with E-state index in [1.807, 2.05) is 42.5 Å². The fourth-order valence-electron chi connectivity index (χ4n) is 3.14. The standard InChI is InChI=1S/C19H13ClN6O2S/c20-11-3-6-13-14(9-11)29-19(23-13)22-12-4-1-10(2-5-12)16-24-25-17-15(18(27)28)21-7-8-26(16)17/h1-9,16,24H,(H,22,23)(H,27,28). The Morgan fingerprint density at radius 2 is 2.07 bits per heavy atom. The Morgan fingerprint density at radius 3 is 2.86 bits per heavy atom. The molecule has 0 saturated carbocycles. The average molecular weight is 425 g/mol. The van der Waals surface area contributed by atoms with Crippen molar-refractivity contribution in [3.8, 4) is 0 Å². The first-order chi connectivity index (χ1) is 14.1. The lowest BCUT2D eigenvalue weighted by atomic mass is 10.1. The molecule has 0 aliphatic carbocycles. The number of nitrogens with one attached hydrogen (secondary N) is 2. The van der Waals surface area contributed by atoms with E-state index in [0.29, 0.717) is 10.9 Å². The van der Waals surface area contributed by atoms with Gasteiger partial charge in [0.05, 0.1) is 10.2 Å². The van der Waals surface area contributed by atoms with Crippen LogP contribution in [-0.2, 0) is 4.79 Å². The molecule has 0 spiro atoms. The van der Waals surface area contributed by atoms with Crippen LogP contribution in [0.25, 0.3) is 10.2 Å². The maximum absolute atomic E-state index is 11.3. The number of carbonyl (C=O) groups is 1. The lowest BCUT2D eigenvalue weighted by Gasteiger charge is -2.25. The van der Waals surface area contributed by atoms with Crippen molar-refractivity contribution in [2.45, 2.75) is 6.17 Å². The van der Waals surface area contributed by atoms with Crippen molar-refractivity contribution in [2.75, 3.05) is 5.32 Å². The van der Waals surface area contributed by atoms with E-state index in [1.54, 1.807) is 11.1 Å². The molecule has 0 bridgehead atoms. The second kappa shape index (κ2) is 6.87. The van der Waals surface area contributed by atoms with Crippen molar-refractivity contribution in [3.05, 3.63) is 65.5 Å². The van der Waals surface area contributed by atoms with E-state index in [2.05, 4.69) is 25.8 Å². The highest BCUT2D eigenvalue weighted by Crippen LogP contribution is 2.31. The molecule has 0 saturated heterocycles. The molecule has 0 fully saturated rings. The molecule has 3 N–H and O–H groups in total. The van der Waals surface area contributed by atoms with E-state index in [1.165, 1.54) is 17.5 Å². The van der Waals surface area contributed by atoms with Gasteiger partial charge in [-0.15, -0.1) is 0 Å². The van der Waals surface area contributed by atoms with Crippen LogP contribution in [0.5, 0.6) is 0 Å². The van der Waals surface area contributed by atoms with Crippen molar-refractivity contribution in [1.82, 2.24) is 15.3 Å². The first-order valence-electron chi connectivity index (χ1n) is 8.61. The quantitative estimate of drug-likeness (QED) is 0.586. The van der Waals surface area contributed by atoms with Crippen LogP contribution < -0.4 is 10.7 Å². The Kier molecular flexibility index (Phi) is 4.18. The zero-order valence-corrected chi connectivity index (χ0v) is 16.3. The first-order valence-corrected chi connectivity index (χ1v) is 9.81. The normalized spacial score (nSPS) is 17.6. The highest BCUT2D eigenvalue weighted by Gasteiger charge is 2.34. The molecule has 1 aromatic heterocycles. The average Bonchev–Trinajstić information content (AvgIpc) is 3.31. The van der Waals surface area contributed by atoms with E-state index in [-0.39, 0.29) is 11.9 Å². The van der Waals surface area contributed by atoms with Crippen LogP contribution in [0.2, 0.25) is 5.02 Å². The molecule has 2 aromatic carbocycles. The number of aliphatic carboxylic acids is 1. The highest BCUT2D eigenvalue weighted by atomic mass is 35.5. The van der Waals surface area contributed by atoms with Gasteiger partial charge in [-0.3, -0.25) is 5.43 Å². The van der Waals surface area contributed by atoms with Crippen LogP contribution in [0, 0.1) is 0 Å². The van der Waals surface area contributed by atoms with Gasteiger partial charge in [0, 0.05) is 23.1 Å². The molecular formula is C19H13ClN6O2S. The van der Waals surface area contributed by atoms with Crippen molar-refractivity contribution in [3.63, 3.8) is 0 Å². The molecule has 144 valence electrons. The number of carboxylic acids is 1. The third-order valence-electron chi connectivity index (χ3n) is 4.49. The molecule has 5 rings (SSSR count). The number of hydrazone groups is 1. The van der Waals surface area contributed by atoms with Gasteiger partial charge in [0.2, 0.25) is 0 Å². The maximum atomic E-state index is 11.3. The van der Waals surface area contributed by atoms with Gasteiger partial charge in [0.15, 0.2) is 16.7 Å². The third kappa shape index (κ3) is 3.20. The molecule has 29 heavy (non-hydrogen) atoms. The topological polar surface area (TPSA) is 102 Å². The van der Waals surface area contributed by atoms with Gasteiger partial charge in [-0.2, -0.15) is 5.10 Å². The number of nitrogens with zero attached hydrogens (tertiary/aromatic N) is 4. The monoisotopic (exact) mass is 424 g/mol. The van der Waals surface area contributed by atoms with Gasteiger partial charge in [0.25, 0.3) is 0 Å². The van der Waals surface area contributed by atoms with Gasteiger partial charge in [-0.1, -0.05) is 35.1 Å². The molecular weight excluding hydrogens is 412 g/mol. The molecule has 2 aliphatic heterocycles. The van der Waals surface area contributed by atoms with Gasteiger partial charge >= 0.3 is 5.97 Å². The number of aliphatic imine (C=N–C) groups is 1. The van der Waals surface area contributed by atoms with Crippen molar-refractivity contribution >= 4 is 61.5 Å². The summed E-state index contributed by atoms with van der Waals surface area (Å²) in [5, 5.41) is 18.2. The summed E-state index contributed by atoms with van der Waals surface area (Å²) >= 11 is 7.57. The summed E-state index contributed by atoms with van der Waals surface area (Å²) in [6.07, 6.45) is 2.86. The molecule has 8 nitrogen and oxygen atoms in total. The summed E-state index contributed by atoms with van der Waals surface area (Å²) in [5.41, 5.74) is 5.60. The van der Waals surface area contributed by atoms with Gasteiger partial charge in [-0.25, -0.2) is 14.8 Å². The van der Waals surface area contributed by atoms with Crippen LogP contribution in [-0.4, -0.2) is 32.5 Å². The molecule has 3 heterocycles. The number of anilines is 2. The second-order valence-electron chi connectivity index (χ2n) is 6.33. The van der Waals surface area contributed by atoms with E-state index in [9.17, 15) is 9.90 Å². The number of benzene rings is 2. The Bertz CT molecular complexity index is 1220. The summed E-state index contributed by atoms with van der Waals surface area (Å²) in [5.74, 6) is -0.822. The summed E-state index contributed by atoms with van der Waals surface area (Å²) in [7, 11) is 0. The zero-order valence-electron chi connectivity index (χ0n) is 14.7. The number of halogens is 1. The van der Waals surface area contributed by atoms with Crippen molar-refractivity contribution in [1.29, 1.82) is 0 Å². The number of thiazole rings is 1. The van der Waals surface area contributed by atoms with Crippen LogP contribution in [0.4, 0.5) is 10.8 Å². The van der Waals surface area contributed by atoms with Crippen LogP contribution >= 0.6 is 22.9 Å². The number of amidine groups is 1. The van der Waals surface area contributed by atoms with Crippen LogP contribution in [0.1, 0.15) is 11.7 Å². The number of fused-ring (bicyclic) bond motifs is 2. The molecule has 0 radical (unpaired) electrons. The number of aromatic nitrogens is 1. The zero-order chi connectivity index (χ0) is 20.0. The predicted molar refractivity (Wildman–Crippen MR) is 114 cm³/mol. The minimum Gasteiger partial charge on any atom is -0.476 e. The fourth-order valence-corrected chi connectivity index (χ4v) is 4.31. The first kappa shape index (κ1) is 17.7. The minimum absolute atomic E-state index is 0.0864. The Hall–Kier alpha value is -3.43. The Balaban J connectivity index is 1.34. The van der Waals surface area contributed by atoms with Gasteiger partial charge in [-0.05, 0) is 35.9 Å². The number of hydrogen-bond acceptors (Lipinski definition) is 8. The smallest absolute Gasteiger partial charge is 0.358 e. The maximum Gasteiger partial charge on any atom is 0.358 e. The van der Waals surface area contributed by atoms with Gasteiger partial charge in [0.1, 0.15) is 6.17 Å². The number of hydrogen-bond donors (Lipinski definition) is 3. The summed E-state index contributed by atoms with van der Waals surface area (Å²) in [6, 6.07) is 13.4. The predicted octanol–water partition coefficient (Wildman–Crippen LogP) is 3.92. The van der Waals surface area contributed by atoms with Crippen LogP contribution in [0.3, 0.4) is 0 Å². The lowest BCUT2D eigenvalue weighted by molar-refractivity contribution is -0.129.